The van der Waals surface area contributed by atoms with Gasteiger partial charge in [0.25, 0.3) is 5.91 Å². The van der Waals surface area contributed by atoms with Gasteiger partial charge in [0.1, 0.15) is 11.5 Å². The minimum atomic E-state index is -0.267. The Morgan fingerprint density at radius 2 is 2.00 bits per heavy atom. The van der Waals surface area contributed by atoms with Crippen molar-refractivity contribution in [3.05, 3.63) is 46.1 Å². The van der Waals surface area contributed by atoms with Crippen molar-refractivity contribution < 1.29 is 19.1 Å². The molecule has 0 fully saturated rings. The van der Waals surface area contributed by atoms with Gasteiger partial charge in [-0.1, -0.05) is 6.07 Å². The number of rotatable bonds is 4. The highest BCUT2D eigenvalue weighted by atomic mass is 79.9. The zero-order valence-corrected chi connectivity index (χ0v) is 15.3. The number of anilines is 1. The lowest BCUT2D eigenvalue weighted by molar-refractivity contribution is -0.114. The average Bonchev–Trinajstić information content (AvgIpc) is 3.03. The Hall–Kier alpha value is -2.61. The highest BCUT2D eigenvalue weighted by Crippen LogP contribution is 2.32. The molecule has 0 atom stereocenters. The Balaban J connectivity index is 1.77. The monoisotopic (exact) mass is 405 g/mol. The summed E-state index contributed by atoms with van der Waals surface area (Å²) in [5, 5.41) is 2.57. The van der Waals surface area contributed by atoms with Gasteiger partial charge in [-0.15, -0.1) is 0 Å². The molecule has 1 aliphatic heterocycles. The maximum atomic E-state index is 12.7. The van der Waals surface area contributed by atoms with E-state index in [9.17, 15) is 9.59 Å². The molecule has 1 aliphatic rings. The summed E-state index contributed by atoms with van der Waals surface area (Å²) >= 11 is 3.33. The number of amides is 2. The Morgan fingerprint density at radius 3 is 2.76 bits per heavy atom. The lowest BCUT2D eigenvalue weighted by Gasteiger charge is -2.18. The Bertz CT molecular complexity index is 841. The largest absolute Gasteiger partial charge is 0.454 e. The molecule has 2 aromatic rings. The molecule has 2 heterocycles. The normalized spacial score (nSPS) is 12.0. The third kappa shape index (κ3) is 3.90. The number of hydrogen-bond donors (Lipinski definition) is 1. The van der Waals surface area contributed by atoms with Crippen LogP contribution in [0.1, 0.15) is 23.0 Å². The van der Waals surface area contributed by atoms with Gasteiger partial charge in [0.2, 0.25) is 12.7 Å². The van der Waals surface area contributed by atoms with Crippen molar-refractivity contribution in [2.45, 2.75) is 13.5 Å². The van der Waals surface area contributed by atoms with Crippen molar-refractivity contribution >= 4 is 33.6 Å². The smallest absolute Gasteiger partial charge is 0.273 e. The highest BCUT2D eigenvalue weighted by Gasteiger charge is 2.19. The second-order valence-electron chi connectivity index (χ2n) is 5.56. The molecule has 25 heavy (non-hydrogen) atoms. The fraction of sp³-hybridized carbons (Fsp3) is 0.235. The van der Waals surface area contributed by atoms with Gasteiger partial charge in [-0.25, -0.2) is 4.98 Å². The van der Waals surface area contributed by atoms with Crippen molar-refractivity contribution in [3.63, 3.8) is 0 Å². The highest BCUT2D eigenvalue weighted by molar-refractivity contribution is 9.10. The summed E-state index contributed by atoms with van der Waals surface area (Å²) in [6, 6.07) is 8.86. The summed E-state index contributed by atoms with van der Waals surface area (Å²) in [4.78, 5) is 29.6. The number of halogens is 1. The number of fused-ring (bicyclic) bond motifs is 1. The predicted molar refractivity (Wildman–Crippen MR) is 94.6 cm³/mol. The number of nitrogens with one attached hydrogen (secondary N) is 1. The van der Waals surface area contributed by atoms with Crippen LogP contribution in [0.2, 0.25) is 0 Å². The van der Waals surface area contributed by atoms with Gasteiger partial charge in [-0.3, -0.25) is 9.59 Å². The summed E-state index contributed by atoms with van der Waals surface area (Å²) in [6.45, 7) is 1.98. The zero-order chi connectivity index (χ0) is 18.0. The number of carbonyl (C=O) groups excluding carboxylic acids is 2. The molecule has 2 amide bonds. The molecule has 0 saturated carbocycles. The summed E-state index contributed by atoms with van der Waals surface area (Å²) < 4.78 is 11.2. The predicted octanol–water partition coefficient (Wildman–Crippen LogP) is 2.80. The topological polar surface area (TPSA) is 80.8 Å². The molecular weight excluding hydrogens is 390 g/mol. The van der Waals surface area contributed by atoms with Gasteiger partial charge in [0.05, 0.1) is 0 Å². The van der Waals surface area contributed by atoms with E-state index < -0.39 is 0 Å². The third-order valence-electron chi connectivity index (χ3n) is 3.56. The van der Waals surface area contributed by atoms with Crippen LogP contribution in [0.25, 0.3) is 0 Å². The van der Waals surface area contributed by atoms with E-state index in [-0.39, 0.29) is 24.3 Å². The van der Waals surface area contributed by atoms with Gasteiger partial charge in [-0.05, 0) is 45.8 Å². The van der Waals surface area contributed by atoms with Gasteiger partial charge in [-0.2, -0.15) is 0 Å². The van der Waals surface area contributed by atoms with Crippen molar-refractivity contribution in [1.82, 2.24) is 9.88 Å². The van der Waals surface area contributed by atoms with E-state index in [1.807, 2.05) is 18.2 Å². The quantitative estimate of drug-likeness (QED) is 0.845. The van der Waals surface area contributed by atoms with Gasteiger partial charge in [0.15, 0.2) is 11.5 Å². The van der Waals surface area contributed by atoms with Crippen molar-refractivity contribution in [2.75, 3.05) is 19.2 Å². The maximum absolute atomic E-state index is 12.7. The van der Waals surface area contributed by atoms with Crippen LogP contribution >= 0.6 is 15.9 Å². The van der Waals surface area contributed by atoms with Crippen LogP contribution in [-0.4, -0.2) is 35.5 Å². The number of nitrogens with zero attached hydrogens (tertiary/aromatic N) is 2. The number of pyridine rings is 1. The molecule has 7 nitrogen and oxygen atoms in total. The fourth-order valence-electron chi connectivity index (χ4n) is 2.41. The number of ether oxygens (including phenoxy) is 2. The van der Waals surface area contributed by atoms with Crippen LogP contribution in [0.3, 0.4) is 0 Å². The van der Waals surface area contributed by atoms with E-state index in [1.54, 1.807) is 24.1 Å². The number of benzene rings is 1. The molecule has 0 spiro atoms. The summed E-state index contributed by atoms with van der Waals surface area (Å²) in [6.07, 6.45) is 0. The van der Waals surface area contributed by atoms with Crippen molar-refractivity contribution in [3.8, 4) is 11.5 Å². The first-order valence-corrected chi connectivity index (χ1v) is 8.31. The maximum Gasteiger partial charge on any atom is 0.273 e. The van der Waals surface area contributed by atoms with Crippen LogP contribution in [0, 0.1) is 0 Å². The fourth-order valence-corrected chi connectivity index (χ4v) is 2.80. The minimum absolute atomic E-state index is 0.209. The van der Waals surface area contributed by atoms with Crippen LogP contribution in [-0.2, 0) is 11.3 Å². The van der Waals surface area contributed by atoms with E-state index in [1.165, 1.54) is 6.92 Å². The van der Waals surface area contributed by atoms with Crippen molar-refractivity contribution in [2.24, 2.45) is 0 Å². The molecule has 1 aromatic heterocycles. The molecule has 0 saturated heterocycles. The zero-order valence-electron chi connectivity index (χ0n) is 13.7. The average molecular weight is 406 g/mol. The van der Waals surface area contributed by atoms with Crippen LogP contribution < -0.4 is 14.8 Å². The summed E-state index contributed by atoms with van der Waals surface area (Å²) in [5.74, 6) is 1.18. The molecule has 0 unspecified atom stereocenters. The van der Waals surface area contributed by atoms with Gasteiger partial charge in [0, 0.05) is 25.0 Å². The first-order chi connectivity index (χ1) is 11.9. The Kier molecular flexibility index (Phi) is 4.89. The Morgan fingerprint density at radius 1 is 1.24 bits per heavy atom. The molecule has 0 bridgehead atoms. The lowest BCUT2D eigenvalue weighted by atomic mass is 10.2. The van der Waals surface area contributed by atoms with E-state index in [4.69, 9.17) is 9.47 Å². The summed E-state index contributed by atoms with van der Waals surface area (Å²) in [7, 11) is 1.69. The summed E-state index contributed by atoms with van der Waals surface area (Å²) in [5.41, 5.74) is 1.14. The van der Waals surface area contributed by atoms with Crippen molar-refractivity contribution in [1.29, 1.82) is 0 Å². The third-order valence-corrected chi connectivity index (χ3v) is 4.20. The molecular formula is C17H16BrN3O4. The molecule has 8 heteroatoms. The van der Waals surface area contributed by atoms with Crippen LogP contribution in [0.5, 0.6) is 11.5 Å². The second-order valence-corrected chi connectivity index (χ2v) is 6.41. The molecule has 130 valence electrons. The first kappa shape index (κ1) is 17.2. The van der Waals surface area contributed by atoms with E-state index in [2.05, 4.69) is 26.2 Å². The molecule has 1 aromatic carbocycles. The van der Waals surface area contributed by atoms with E-state index in [0.29, 0.717) is 28.3 Å². The van der Waals surface area contributed by atoms with E-state index in [0.717, 1.165) is 5.56 Å². The lowest BCUT2D eigenvalue weighted by Crippen LogP contribution is -2.27. The first-order valence-electron chi connectivity index (χ1n) is 7.52. The van der Waals surface area contributed by atoms with Gasteiger partial charge >= 0.3 is 0 Å². The van der Waals surface area contributed by atoms with Gasteiger partial charge < -0.3 is 19.7 Å². The van der Waals surface area contributed by atoms with Crippen LogP contribution in [0.4, 0.5) is 5.82 Å². The molecule has 3 rings (SSSR count). The molecule has 0 radical (unpaired) electrons. The number of hydrogen-bond acceptors (Lipinski definition) is 5. The second kappa shape index (κ2) is 7.10. The SMILES string of the molecule is CC(=O)Nc1ccc(Br)c(C(=O)N(C)Cc2ccc3c(c2)OCO3)n1. The Labute approximate surface area is 153 Å². The van der Waals surface area contributed by atoms with Crippen LogP contribution in [0.15, 0.2) is 34.8 Å². The molecule has 0 aliphatic carbocycles. The number of carbonyl (C=O) groups is 2. The molecule has 1 N–H and O–H groups in total. The number of aromatic nitrogens is 1. The standard InChI is InChI=1S/C17H16BrN3O4/c1-10(22)19-15-6-4-12(18)16(20-15)17(23)21(2)8-11-3-5-13-14(7-11)25-9-24-13/h3-7H,8-9H2,1-2H3,(H,19,20,22). The minimum Gasteiger partial charge on any atom is -0.454 e. The van der Waals surface area contributed by atoms with E-state index >= 15 is 0 Å².